The smallest absolute Gasteiger partial charge is 0.135 e. The van der Waals surface area contributed by atoms with Gasteiger partial charge in [-0.05, 0) is 13.8 Å². The minimum Gasteiger partial charge on any atom is -0.346 e. The maximum absolute atomic E-state index is 4.60. The first-order valence-corrected chi connectivity index (χ1v) is 6.56. The Morgan fingerprint density at radius 2 is 2.00 bits per heavy atom. The highest BCUT2D eigenvalue weighted by Crippen LogP contribution is 2.28. The Labute approximate surface area is 112 Å². The summed E-state index contributed by atoms with van der Waals surface area (Å²) >= 11 is 0. The molecule has 1 aliphatic heterocycles. The van der Waals surface area contributed by atoms with Crippen LogP contribution in [0, 0.1) is 13.8 Å². The predicted molar refractivity (Wildman–Crippen MR) is 72.8 cm³/mol. The zero-order valence-corrected chi connectivity index (χ0v) is 11.5. The molecule has 2 aromatic rings. The molecule has 0 aliphatic carbocycles. The lowest BCUT2D eigenvalue weighted by molar-refractivity contribution is 0.827. The summed E-state index contributed by atoms with van der Waals surface area (Å²) < 4.78 is 0. The van der Waals surface area contributed by atoms with Crippen LogP contribution in [-0.4, -0.2) is 19.9 Å². The highest BCUT2D eigenvalue weighted by Gasteiger charge is 2.23. The molecule has 2 aromatic heterocycles. The lowest BCUT2D eigenvalue weighted by Gasteiger charge is -2.18. The van der Waals surface area contributed by atoms with Crippen molar-refractivity contribution in [2.45, 2.75) is 40.3 Å². The lowest BCUT2D eigenvalue weighted by Crippen LogP contribution is -2.18. The molecule has 0 unspecified atom stereocenters. The molecule has 19 heavy (non-hydrogen) atoms. The van der Waals surface area contributed by atoms with Crippen molar-refractivity contribution in [2.24, 2.45) is 0 Å². The van der Waals surface area contributed by atoms with Gasteiger partial charge in [0.25, 0.3) is 0 Å². The summed E-state index contributed by atoms with van der Waals surface area (Å²) in [5.41, 5.74) is 4.50. The van der Waals surface area contributed by atoms with E-state index in [1.54, 1.807) is 6.33 Å². The first kappa shape index (κ1) is 12.0. The molecule has 0 aromatic carbocycles. The van der Waals surface area contributed by atoms with E-state index in [4.69, 9.17) is 0 Å². The summed E-state index contributed by atoms with van der Waals surface area (Å²) in [6.45, 7) is 7.79. The van der Waals surface area contributed by atoms with Gasteiger partial charge in [0.2, 0.25) is 0 Å². The van der Waals surface area contributed by atoms with Crippen molar-refractivity contribution < 1.29 is 0 Å². The summed E-state index contributed by atoms with van der Waals surface area (Å²) in [7, 11) is 0. The van der Waals surface area contributed by atoms with Gasteiger partial charge in [-0.1, -0.05) is 6.92 Å². The predicted octanol–water partition coefficient (Wildman–Crippen LogP) is 1.97. The van der Waals surface area contributed by atoms with Crippen molar-refractivity contribution in [3.63, 3.8) is 0 Å². The molecule has 0 saturated heterocycles. The average Bonchev–Trinajstić information content (AvgIpc) is 2.84. The van der Waals surface area contributed by atoms with Crippen LogP contribution in [0.3, 0.4) is 0 Å². The van der Waals surface area contributed by atoms with Gasteiger partial charge >= 0.3 is 0 Å². The summed E-state index contributed by atoms with van der Waals surface area (Å²) in [6.07, 6.45) is 4.45. The van der Waals surface area contributed by atoms with Gasteiger partial charge in [-0.15, -0.1) is 0 Å². The van der Waals surface area contributed by atoms with Crippen molar-refractivity contribution >= 4 is 5.82 Å². The molecule has 0 amide bonds. The molecule has 3 rings (SSSR count). The molecule has 0 bridgehead atoms. The highest BCUT2D eigenvalue weighted by molar-refractivity contribution is 5.51. The van der Waals surface area contributed by atoms with Crippen molar-refractivity contribution in [1.29, 1.82) is 0 Å². The summed E-state index contributed by atoms with van der Waals surface area (Å²) in [6, 6.07) is 0. The minimum absolute atomic E-state index is 0.808. The monoisotopic (exact) mass is 255 g/mol. The quantitative estimate of drug-likeness (QED) is 0.821. The van der Waals surface area contributed by atoms with Crippen molar-refractivity contribution in [1.82, 2.24) is 19.9 Å². The fourth-order valence-electron chi connectivity index (χ4n) is 2.36. The Morgan fingerprint density at radius 3 is 2.79 bits per heavy atom. The van der Waals surface area contributed by atoms with E-state index in [1.165, 1.54) is 5.56 Å². The second-order valence-corrected chi connectivity index (χ2v) is 4.88. The van der Waals surface area contributed by atoms with E-state index < -0.39 is 0 Å². The van der Waals surface area contributed by atoms with Crippen LogP contribution in [0.4, 0.5) is 5.82 Å². The van der Waals surface area contributed by atoms with Crippen LogP contribution in [0.25, 0.3) is 0 Å². The molecule has 0 saturated carbocycles. The van der Waals surface area contributed by atoms with Crippen LogP contribution in [-0.2, 0) is 19.5 Å². The molecule has 0 radical (unpaired) electrons. The molecule has 0 fully saturated rings. The minimum atomic E-state index is 0.808. The number of rotatable bonds is 2. The normalized spacial score (nSPS) is 13.7. The molecular weight excluding hydrogens is 238 g/mol. The van der Waals surface area contributed by atoms with Gasteiger partial charge in [0.1, 0.15) is 18.0 Å². The Bertz CT molecular complexity index is 623. The van der Waals surface area contributed by atoms with Gasteiger partial charge in [0, 0.05) is 36.0 Å². The Balaban J connectivity index is 1.93. The molecule has 98 valence electrons. The van der Waals surface area contributed by atoms with E-state index in [2.05, 4.69) is 38.7 Å². The zero-order valence-electron chi connectivity index (χ0n) is 11.5. The van der Waals surface area contributed by atoms with Crippen LogP contribution < -0.4 is 4.90 Å². The van der Waals surface area contributed by atoms with Crippen LogP contribution in [0.15, 0.2) is 12.5 Å². The molecule has 5 heteroatoms. The largest absolute Gasteiger partial charge is 0.346 e. The van der Waals surface area contributed by atoms with E-state index in [0.29, 0.717) is 0 Å². The van der Waals surface area contributed by atoms with Crippen LogP contribution in [0.5, 0.6) is 0 Å². The van der Waals surface area contributed by atoms with Gasteiger partial charge in [-0.25, -0.2) is 19.9 Å². The zero-order chi connectivity index (χ0) is 13.4. The van der Waals surface area contributed by atoms with E-state index in [-0.39, 0.29) is 0 Å². The third kappa shape index (κ3) is 2.05. The fraction of sp³-hybridized carbons (Fsp3) is 0.429. The Hall–Kier alpha value is -2.04. The van der Waals surface area contributed by atoms with Gasteiger partial charge in [-0.2, -0.15) is 0 Å². The number of nitrogens with zero attached hydrogens (tertiary/aromatic N) is 5. The third-order valence-corrected chi connectivity index (χ3v) is 3.63. The number of fused-ring (bicyclic) bond motifs is 1. The molecule has 5 nitrogen and oxygen atoms in total. The van der Waals surface area contributed by atoms with Crippen LogP contribution in [0.2, 0.25) is 0 Å². The highest BCUT2D eigenvalue weighted by atomic mass is 15.2. The SMILES string of the molecule is CCc1ncc2c(n1)CN(c1ncnc(C)c1C)C2. The summed E-state index contributed by atoms with van der Waals surface area (Å²) in [5.74, 6) is 1.92. The van der Waals surface area contributed by atoms with E-state index in [9.17, 15) is 0 Å². The first-order chi connectivity index (χ1) is 9.19. The Kier molecular flexibility index (Phi) is 2.89. The second kappa shape index (κ2) is 4.57. The standard InChI is InChI=1S/C14H17N5/c1-4-13-15-5-11-6-19(7-12(11)18-13)14-9(2)10(3)16-8-17-14/h5,8H,4,6-7H2,1-3H3. The summed E-state index contributed by atoms with van der Waals surface area (Å²) in [5, 5.41) is 0. The molecule has 0 atom stereocenters. The maximum Gasteiger partial charge on any atom is 0.135 e. The number of aryl methyl sites for hydroxylation is 2. The van der Waals surface area contributed by atoms with Gasteiger partial charge in [0.15, 0.2) is 0 Å². The molecule has 0 spiro atoms. The van der Waals surface area contributed by atoms with Crippen LogP contribution >= 0.6 is 0 Å². The van der Waals surface area contributed by atoms with Gasteiger partial charge in [0.05, 0.1) is 12.2 Å². The topological polar surface area (TPSA) is 54.8 Å². The van der Waals surface area contributed by atoms with Gasteiger partial charge < -0.3 is 4.90 Å². The molecule has 1 aliphatic rings. The first-order valence-electron chi connectivity index (χ1n) is 6.56. The summed E-state index contributed by atoms with van der Waals surface area (Å²) in [4.78, 5) is 19.8. The fourth-order valence-corrected chi connectivity index (χ4v) is 2.36. The number of hydrogen-bond donors (Lipinski definition) is 0. The number of anilines is 1. The van der Waals surface area contributed by atoms with E-state index in [0.717, 1.165) is 48.1 Å². The molecule has 0 N–H and O–H groups in total. The maximum atomic E-state index is 4.60. The average molecular weight is 255 g/mol. The number of aromatic nitrogens is 4. The van der Waals surface area contributed by atoms with Gasteiger partial charge in [-0.3, -0.25) is 0 Å². The molecule has 3 heterocycles. The van der Waals surface area contributed by atoms with E-state index >= 15 is 0 Å². The van der Waals surface area contributed by atoms with Crippen molar-refractivity contribution in [2.75, 3.05) is 4.90 Å². The van der Waals surface area contributed by atoms with E-state index in [1.807, 2.05) is 13.1 Å². The third-order valence-electron chi connectivity index (χ3n) is 3.63. The van der Waals surface area contributed by atoms with Crippen molar-refractivity contribution in [3.8, 4) is 0 Å². The lowest BCUT2D eigenvalue weighted by atomic mass is 10.2. The van der Waals surface area contributed by atoms with Crippen molar-refractivity contribution in [3.05, 3.63) is 40.9 Å². The number of hydrogen-bond acceptors (Lipinski definition) is 5. The van der Waals surface area contributed by atoms with Crippen LogP contribution in [0.1, 0.15) is 35.3 Å². The molecular formula is C14H17N5. The Morgan fingerprint density at radius 1 is 1.16 bits per heavy atom. The second-order valence-electron chi connectivity index (χ2n) is 4.88.